The summed E-state index contributed by atoms with van der Waals surface area (Å²) in [5.41, 5.74) is 2.30. The molecule has 4 aromatic rings. The van der Waals surface area contributed by atoms with Crippen LogP contribution in [-0.4, -0.2) is 276 Å². The van der Waals surface area contributed by atoms with E-state index in [1.54, 1.807) is 43.8 Å². The van der Waals surface area contributed by atoms with E-state index >= 15 is 0 Å². The fourth-order valence-electron chi connectivity index (χ4n) is 13.7. The van der Waals surface area contributed by atoms with Crippen LogP contribution in [-0.2, 0) is 76.3 Å². The normalized spacial score (nSPS) is 19.1. The molecule has 6 aliphatic rings. The molecule has 117 heavy (non-hydrogen) atoms. The Morgan fingerprint density at radius 1 is 0.470 bits per heavy atom. The van der Waals surface area contributed by atoms with E-state index < -0.39 is 45.2 Å². The number of hydrogen-bond donors (Lipinski definition) is 4. The van der Waals surface area contributed by atoms with E-state index in [1.807, 2.05) is 57.6 Å². The second-order valence-electron chi connectivity index (χ2n) is 30.1. The summed E-state index contributed by atoms with van der Waals surface area (Å²) in [6.45, 7) is 15.2. The van der Waals surface area contributed by atoms with Gasteiger partial charge in [0.1, 0.15) is 11.6 Å². The molecule has 6 fully saturated rings. The van der Waals surface area contributed by atoms with Crippen molar-refractivity contribution < 1.29 is 105 Å². The summed E-state index contributed by atoms with van der Waals surface area (Å²) in [5.74, 6) is -0.467. The number of nitrogens with zero attached hydrogens (tertiary/aromatic N) is 11. The van der Waals surface area contributed by atoms with Crippen molar-refractivity contribution in [1.29, 1.82) is 0 Å². The molecule has 0 saturated carbocycles. The van der Waals surface area contributed by atoms with Gasteiger partial charge >= 0.3 is 5.97 Å². The van der Waals surface area contributed by atoms with Gasteiger partial charge in [-0.1, -0.05) is 63.1 Å². The Hall–Kier alpha value is -7.03. The van der Waals surface area contributed by atoms with Crippen LogP contribution in [0.4, 0.5) is 4.39 Å². The largest absolute Gasteiger partial charge is 0.497 e. The number of carboxylic acid groups (broad SMARTS) is 1. The van der Waals surface area contributed by atoms with Crippen LogP contribution in [0.15, 0.2) is 97.6 Å². The maximum Gasteiger partial charge on any atom is 0.303 e. The van der Waals surface area contributed by atoms with Gasteiger partial charge in [0, 0.05) is 127 Å². The van der Waals surface area contributed by atoms with Crippen molar-refractivity contribution in [2.45, 2.75) is 190 Å². The minimum absolute atomic E-state index is 0.0145. The van der Waals surface area contributed by atoms with Crippen molar-refractivity contribution >= 4 is 63.5 Å². The van der Waals surface area contributed by atoms with Crippen LogP contribution >= 0.6 is 22.1 Å². The van der Waals surface area contributed by atoms with Crippen LogP contribution in [0.5, 0.6) is 5.75 Å². The lowest BCUT2D eigenvalue weighted by atomic mass is 10.0. The number of rotatable bonds is 36. The lowest BCUT2D eigenvalue weighted by molar-refractivity contribution is -0.199. The van der Waals surface area contributed by atoms with Gasteiger partial charge in [0.15, 0.2) is 0 Å². The van der Waals surface area contributed by atoms with Crippen LogP contribution in [0.3, 0.4) is 0 Å². The van der Waals surface area contributed by atoms with Crippen LogP contribution in [0.2, 0.25) is 0 Å². The van der Waals surface area contributed by atoms with E-state index in [9.17, 15) is 66.3 Å². The molecule has 8 heterocycles. The summed E-state index contributed by atoms with van der Waals surface area (Å²) in [4.78, 5) is 157. The van der Waals surface area contributed by atoms with Gasteiger partial charge < -0.3 is 34.3 Å². The SMILES string of the molecule is CCCCC(CCN1OCCCC1=O)P(C)(=O)O.CCN(C)C(CCN1OCCC1=O)c1cccnc1.CN(C)C(CCC(=O)O)CCN1OCCCC1=O.CN(C)C(CCN1OCCCC1=O)c1cccnc1.COc1ccc(C(CCN2OCCCC2=O)P(C)(=O)O)cc1.CP(=O)(O)C(CCN1OCCCC1=O)c1ccc(F)cc1. The Balaban J connectivity index is 0.000000251. The van der Waals surface area contributed by atoms with Gasteiger partial charge in [0.2, 0.25) is 57.5 Å². The van der Waals surface area contributed by atoms with Gasteiger partial charge in [0.05, 0.1) is 84.1 Å². The first kappa shape index (κ1) is 101. The third kappa shape index (κ3) is 37.2. The molecule has 2 aromatic heterocycles. The smallest absolute Gasteiger partial charge is 0.303 e. The average molecular weight is 1700 g/mol. The number of carbonyl (C=O) groups excluding carboxylic acids is 6. The van der Waals surface area contributed by atoms with Gasteiger partial charge in [-0.05, 0) is 184 Å². The number of hydrogen-bond acceptors (Lipinski definition) is 22. The Kier molecular flexibility index (Phi) is 45.5. The topological polar surface area (TPSA) is 371 Å². The fourth-order valence-corrected chi connectivity index (χ4v) is 17.6. The number of pyridine rings is 2. The van der Waals surface area contributed by atoms with E-state index in [2.05, 4.69) is 52.8 Å². The second-order valence-corrected chi connectivity index (χ2v) is 37.8. The molecule has 10 rings (SSSR count). The van der Waals surface area contributed by atoms with E-state index in [0.29, 0.717) is 154 Å². The van der Waals surface area contributed by atoms with Crippen molar-refractivity contribution in [3.05, 3.63) is 126 Å². The van der Waals surface area contributed by atoms with Crippen molar-refractivity contribution in [2.24, 2.45) is 0 Å². The lowest BCUT2D eigenvalue weighted by Crippen LogP contribution is -2.39. The first-order valence-corrected chi connectivity index (χ1v) is 47.1. The highest BCUT2D eigenvalue weighted by molar-refractivity contribution is 7.58. The van der Waals surface area contributed by atoms with Crippen LogP contribution in [0.25, 0.3) is 0 Å². The number of amides is 6. The lowest BCUT2D eigenvalue weighted by Gasteiger charge is -2.30. The zero-order chi connectivity index (χ0) is 86.1. The Morgan fingerprint density at radius 2 is 0.838 bits per heavy atom. The number of hydroxylamine groups is 12. The minimum atomic E-state index is -3.42. The summed E-state index contributed by atoms with van der Waals surface area (Å²) < 4.78 is 54.1. The van der Waals surface area contributed by atoms with Crippen molar-refractivity contribution in [3.8, 4) is 5.75 Å². The van der Waals surface area contributed by atoms with Crippen LogP contribution in [0, 0.1) is 5.82 Å². The molecule has 6 amide bonds. The molecular formula is C81H129FN11O21P3. The predicted molar refractivity (Wildman–Crippen MR) is 440 cm³/mol. The summed E-state index contributed by atoms with van der Waals surface area (Å²) in [7, 11) is 1.73. The van der Waals surface area contributed by atoms with Crippen LogP contribution in [0.1, 0.15) is 201 Å². The predicted octanol–water partition coefficient (Wildman–Crippen LogP) is 11.7. The third-order valence-corrected chi connectivity index (χ3v) is 25.9. The van der Waals surface area contributed by atoms with Gasteiger partial charge in [-0.25, -0.2) is 34.8 Å². The molecule has 32 nitrogen and oxygen atoms in total. The third-order valence-electron chi connectivity index (χ3n) is 20.6. The molecule has 656 valence electrons. The van der Waals surface area contributed by atoms with Gasteiger partial charge in [-0.15, -0.1) is 0 Å². The maximum absolute atomic E-state index is 13.0. The molecule has 9 unspecified atom stereocenters. The number of aromatic nitrogens is 2. The average Bonchev–Trinajstić information content (AvgIpc) is 1.22. The van der Waals surface area contributed by atoms with Gasteiger partial charge in [-0.2, -0.15) is 0 Å². The highest BCUT2D eigenvalue weighted by Crippen LogP contribution is 2.55. The fraction of sp³-hybridized carbons (Fsp3) is 0.642. The summed E-state index contributed by atoms with van der Waals surface area (Å²) in [6, 6.07) is 21.3. The van der Waals surface area contributed by atoms with Crippen LogP contribution < -0.4 is 4.74 Å². The molecule has 6 aliphatic heterocycles. The summed E-state index contributed by atoms with van der Waals surface area (Å²) in [6.07, 6.45) is 21.2. The number of halogens is 1. The Morgan fingerprint density at radius 3 is 1.16 bits per heavy atom. The quantitative estimate of drug-likeness (QED) is 0.0307. The number of unbranched alkanes of at least 4 members (excludes halogenated alkanes) is 1. The van der Waals surface area contributed by atoms with Gasteiger partial charge in [0.25, 0.3) is 0 Å². The first-order valence-electron chi connectivity index (χ1n) is 40.6. The van der Waals surface area contributed by atoms with Crippen molar-refractivity contribution in [3.63, 3.8) is 0 Å². The van der Waals surface area contributed by atoms with Crippen molar-refractivity contribution in [1.82, 2.24) is 55.0 Å². The highest BCUT2D eigenvalue weighted by Gasteiger charge is 2.34. The zero-order valence-corrected chi connectivity index (χ0v) is 73.0. The molecule has 2 aromatic carbocycles. The number of benzene rings is 2. The molecule has 4 N–H and O–H groups in total. The zero-order valence-electron chi connectivity index (χ0n) is 70.3. The molecule has 0 spiro atoms. The van der Waals surface area contributed by atoms with E-state index in [-0.39, 0.29) is 72.2 Å². The molecule has 0 bridgehead atoms. The maximum atomic E-state index is 13.0. The van der Waals surface area contributed by atoms with Gasteiger partial charge in [-0.3, -0.25) is 91.2 Å². The molecule has 6 saturated heterocycles. The Bertz CT molecular complexity index is 3760. The van der Waals surface area contributed by atoms with E-state index in [4.69, 9.17) is 38.9 Å². The molecule has 0 aliphatic carbocycles. The monoisotopic (exact) mass is 1700 g/mol. The number of methoxy groups -OCH3 is 1. The first-order chi connectivity index (χ1) is 55.6. The van der Waals surface area contributed by atoms with Crippen molar-refractivity contribution in [2.75, 3.05) is 148 Å². The number of carbonyl (C=O) groups is 7. The molecule has 36 heteroatoms. The Labute approximate surface area is 690 Å². The number of carboxylic acids is 1. The van der Waals surface area contributed by atoms with E-state index in [0.717, 1.165) is 81.9 Å². The van der Waals surface area contributed by atoms with E-state index in [1.165, 1.54) is 80.2 Å². The molecule has 9 atom stereocenters. The number of ether oxygens (including phenoxy) is 1. The highest BCUT2D eigenvalue weighted by atomic mass is 31.2. The second kappa shape index (κ2) is 52.9. The summed E-state index contributed by atoms with van der Waals surface area (Å²) in [5, 5.41) is 17.1. The summed E-state index contributed by atoms with van der Waals surface area (Å²) >= 11 is 0. The number of aliphatic carboxylic acids is 1. The standard InChI is InChI=1S/C15H22NO5P.C14H19FNO4P.2C14H21N3O2.C12H22N2O4.C12H24NO4P/c1-20-13-7-5-12(6-8-13)14(22(2,18)19)9-10-16-15(17)4-3-11-21-16;1-21(18,19)13(11-4-6-12(15)7-5-11)8-9-16-14(17)3-2-10-20-16;1-16(2)13(12-5-3-8-15-11-12)7-9-17-14(18)6-4-10-19-17;1-3-16(2)13(12-5-4-8-15-11-12)6-9-17-14(18)7-10-19-17;1-13(2)10(5-6-12(16)17)7-8-14-11(15)4-3-9-18-14;1-3-4-6-11(18(2,15)16)8-9-13-12(14)7-5-10-17-13/h5-8,14H,3-4,9-11H2,1-2H3,(H,18,19);4-7,13H,2-3,8-10H2,1H3,(H,18,19);3,5,8,11,13H,4,6-7,9-10H2,1-2H3;4-5,8,11,13H,3,6-7,9-10H2,1-2H3;10H,3-9H2,1-2H3,(H,16,17);11H,3-10H2,1-2H3,(H,15,16). The molecular weight excluding hydrogens is 1570 g/mol. The minimum Gasteiger partial charge on any atom is -0.497 e. The molecule has 0 radical (unpaired) electrons.